The van der Waals surface area contributed by atoms with Gasteiger partial charge in [0.1, 0.15) is 11.6 Å². The summed E-state index contributed by atoms with van der Waals surface area (Å²) in [7, 11) is 1.54. The number of carbonyl (C=O) groups is 1. The van der Waals surface area contributed by atoms with Gasteiger partial charge in [0.25, 0.3) is 0 Å². The minimum absolute atomic E-state index is 0.0117. The van der Waals surface area contributed by atoms with Gasteiger partial charge in [-0.05, 0) is 30.3 Å². The summed E-state index contributed by atoms with van der Waals surface area (Å²) < 4.78 is 18.9. The Morgan fingerprint density at radius 2 is 2.03 bits per heavy atom. The van der Waals surface area contributed by atoms with Crippen molar-refractivity contribution in [2.24, 2.45) is 0 Å². The van der Waals surface area contributed by atoms with E-state index in [9.17, 15) is 14.0 Å². The number of amides is 1. The van der Waals surface area contributed by atoms with E-state index >= 15 is 0 Å². The summed E-state index contributed by atoms with van der Waals surface area (Å²) in [5.74, 6) is -0.365. The van der Waals surface area contributed by atoms with Crippen molar-refractivity contribution in [2.75, 3.05) is 25.5 Å². The van der Waals surface area contributed by atoms with E-state index in [-0.39, 0.29) is 22.9 Å². The van der Waals surface area contributed by atoms with E-state index < -0.39 is 5.82 Å². The van der Waals surface area contributed by atoms with Gasteiger partial charge in [0.2, 0.25) is 5.91 Å². The average molecular weight is 450 g/mol. The smallest absolute Gasteiger partial charge is 0.238 e. The van der Waals surface area contributed by atoms with Gasteiger partial charge in [-0.1, -0.05) is 23.2 Å². The van der Waals surface area contributed by atoms with Crippen molar-refractivity contribution < 1.29 is 13.9 Å². The minimum Gasteiger partial charge on any atom is -0.495 e. The second kappa shape index (κ2) is 8.26. The summed E-state index contributed by atoms with van der Waals surface area (Å²) >= 11 is 11.9. The highest BCUT2D eigenvalue weighted by atomic mass is 35.5. The first-order valence-corrected chi connectivity index (χ1v) is 10.0. The maximum atomic E-state index is 13.6. The maximum absolute atomic E-state index is 13.6. The Labute approximate surface area is 181 Å². The Morgan fingerprint density at radius 1 is 1.27 bits per heavy atom. The second-order valence-electron chi connectivity index (χ2n) is 7.05. The van der Waals surface area contributed by atoms with Crippen LogP contribution in [0.4, 0.5) is 10.1 Å². The molecule has 0 saturated heterocycles. The van der Waals surface area contributed by atoms with Crippen LogP contribution in [0.15, 0.2) is 35.1 Å². The number of fused-ring (bicyclic) bond motifs is 2. The van der Waals surface area contributed by atoms with Crippen molar-refractivity contribution in [3.8, 4) is 5.75 Å². The van der Waals surface area contributed by atoms with Gasteiger partial charge in [-0.2, -0.15) is 0 Å². The summed E-state index contributed by atoms with van der Waals surface area (Å²) in [6.45, 7) is 0.948. The zero-order valence-corrected chi connectivity index (χ0v) is 17.5. The first-order valence-electron chi connectivity index (χ1n) is 9.25. The second-order valence-corrected chi connectivity index (χ2v) is 7.86. The lowest BCUT2D eigenvalue weighted by molar-refractivity contribution is -0.117. The van der Waals surface area contributed by atoms with Gasteiger partial charge in [-0.3, -0.25) is 14.5 Å². The van der Waals surface area contributed by atoms with E-state index in [1.54, 1.807) is 12.1 Å². The predicted molar refractivity (Wildman–Crippen MR) is 115 cm³/mol. The number of rotatable bonds is 4. The van der Waals surface area contributed by atoms with E-state index in [1.807, 2.05) is 4.90 Å². The average Bonchev–Trinajstić information content (AvgIpc) is 2.71. The zero-order valence-electron chi connectivity index (χ0n) is 16.0. The molecule has 0 atom stereocenters. The molecule has 0 unspecified atom stereocenters. The third-order valence-corrected chi connectivity index (χ3v) is 5.73. The number of anilines is 1. The van der Waals surface area contributed by atoms with Crippen LogP contribution in [0.2, 0.25) is 10.0 Å². The zero-order chi connectivity index (χ0) is 21.4. The SMILES string of the molecule is COc1ccc(Cl)c2c(=O)c3c([nH]c12)CCN(CC(=O)Nc1ccc(Cl)c(F)c1)C3. The highest BCUT2D eigenvalue weighted by molar-refractivity contribution is 6.35. The lowest BCUT2D eigenvalue weighted by Crippen LogP contribution is -2.39. The summed E-state index contributed by atoms with van der Waals surface area (Å²) in [4.78, 5) is 30.6. The summed E-state index contributed by atoms with van der Waals surface area (Å²) in [5, 5.41) is 3.35. The molecule has 2 aromatic carbocycles. The van der Waals surface area contributed by atoms with Crippen molar-refractivity contribution in [3.63, 3.8) is 0 Å². The molecule has 4 rings (SSSR count). The first-order chi connectivity index (χ1) is 14.4. The number of benzene rings is 2. The molecule has 2 N–H and O–H groups in total. The van der Waals surface area contributed by atoms with Crippen LogP contribution in [0.25, 0.3) is 10.9 Å². The molecule has 2 heterocycles. The number of nitrogens with zero attached hydrogens (tertiary/aromatic N) is 1. The molecular weight excluding hydrogens is 432 g/mol. The molecule has 0 bridgehead atoms. The molecular formula is C21H18Cl2FN3O3. The van der Waals surface area contributed by atoms with Gasteiger partial charge < -0.3 is 15.0 Å². The van der Waals surface area contributed by atoms with E-state index in [4.69, 9.17) is 27.9 Å². The van der Waals surface area contributed by atoms with Crippen LogP contribution in [0, 0.1) is 5.82 Å². The third kappa shape index (κ3) is 3.88. The Kier molecular flexibility index (Phi) is 5.69. The molecule has 1 aliphatic rings. The number of aromatic nitrogens is 1. The first kappa shape index (κ1) is 20.7. The number of carbonyl (C=O) groups excluding carboxylic acids is 1. The molecule has 0 aliphatic carbocycles. The van der Waals surface area contributed by atoms with Gasteiger partial charge in [0.15, 0.2) is 5.43 Å². The van der Waals surface area contributed by atoms with Crippen molar-refractivity contribution in [3.05, 3.63) is 67.7 Å². The number of H-pyrrole nitrogens is 1. The molecule has 0 spiro atoms. The molecule has 0 saturated carbocycles. The van der Waals surface area contributed by atoms with Gasteiger partial charge in [0, 0.05) is 36.5 Å². The largest absolute Gasteiger partial charge is 0.495 e. The maximum Gasteiger partial charge on any atom is 0.238 e. The molecule has 1 aromatic heterocycles. The third-order valence-electron chi connectivity index (χ3n) is 5.11. The highest BCUT2D eigenvalue weighted by Crippen LogP contribution is 2.30. The monoisotopic (exact) mass is 449 g/mol. The molecule has 1 amide bonds. The van der Waals surface area contributed by atoms with E-state index in [0.29, 0.717) is 52.4 Å². The molecule has 0 fully saturated rings. The fraction of sp³-hybridized carbons (Fsp3) is 0.238. The molecule has 9 heteroatoms. The molecule has 30 heavy (non-hydrogen) atoms. The van der Waals surface area contributed by atoms with Gasteiger partial charge in [-0.15, -0.1) is 0 Å². The summed E-state index contributed by atoms with van der Waals surface area (Å²) in [5.41, 5.74) is 2.11. The molecule has 3 aromatic rings. The van der Waals surface area contributed by atoms with Crippen LogP contribution in [0.1, 0.15) is 11.3 Å². The van der Waals surface area contributed by atoms with Crippen LogP contribution in [-0.4, -0.2) is 36.0 Å². The predicted octanol–water partition coefficient (Wildman–Crippen LogP) is 3.98. The fourth-order valence-corrected chi connectivity index (χ4v) is 4.02. The lowest BCUT2D eigenvalue weighted by atomic mass is 10.0. The number of halogens is 3. The van der Waals surface area contributed by atoms with Crippen molar-refractivity contribution >= 4 is 45.7 Å². The number of ether oxygens (including phenoxy) is 1. The lowest BCUT2D eigenvalue weighted by Gasteiger charge is -2.28. The van der Waals surface area contributed by atoms with Gasteiger partial charge >= 0.3 is 0 Å². The van der Waals surface area contributed by atoms with Crippen molar-refractivity contribution in [2.45, 2.75) is 13.0 Å². The fourth-order valence-electron chi connectivity index (χ4n) is 3.65. The number of nitrogens with one attached hydrogen (secondary N) is 2. The minimum atomic E-state index is -0.605. The summed E-state index contributed by atoms with van der Waals surface area (Å²) in [6.07, 6.45) is 0.568. The quantitative estimate of drug-likeness (QED) is 0.631. The number of methoxy groups -OCH3 is 1. The van der Waals surface area contributed by atoms with Crippen molar-refractivity contribution in [1.82, 2.24) is 9.88 Å². The molecule has 1 aliphatic heterocycles. The number of hydrogen-bond acceptors (Lipinski definition) is 4. The molecule has 6 nitrogen and oxygen atoms in total. The van der Waals surface area contributed by atoms with Crippen LogP contribution < -0.4 is 15.5 Å². The Balaban J connectivity index is 1.56. The van der Waals surface area contributed by atoms with Gasteiger partial charge in [0.05, 0.1) is 34.6 Å². The van der Waals surface area contributed by atoms with Crippen LogP contribution in [-0.2, 0) is 17.8 Å². The van der Waals surface area contributed by atoms with Crippen LogP contribution in [0.3, 0.4) is 0 Å². The summed E-state index contributed by atoms with van der Waals surface area (Å²) in [6, 6.07) is 7.42. The van der Waals surface area contributed by atoms with Crippen LogP contribution in [0.5, 0.6) is 5.75 Å². The van der Waals surface area contributed by atoms with Gasteiger partial charge in [-0.25, -0.2) is 4.39 Å². The molecule has 156 valence electrons. The van der Waals surface area contributed by atoms with Crippen LogP contribution >= 0.6 is 23.2 Å². The topological polar surface area (TPSA) is 74.4 Å². The highest BCUT2D eigenvalue weighted by Gasteiger charge is 2.24. The standard InChI is InChI=1S/C21H18Cl2FN3O3/c1-30-17-5-4-14(23)19-20(17)26-16-6-7-27(9-12(16)21(19)29)10-18(28)25-11-2-3-13(22)15(24)8-11/h2-5,8H,6-7,9-10H2,1H3,(H,25,28)(H,26,29). The number of pyridine rings is 1. The number of hydrogen-bond donors (Lipinski definition) is 2. The normalized spacial score (nSPS) is 13.9. The van der Waals surface area contributed by atoms with E-state index in [1.165, 1.54) is 19.2 Å². The Hall–Kier alpha value is -2.61. The van der Waals surface area contributed by atoms with Crippen molar-refractivity contribution in [1.29, 1.82) is 0 Å². The van der Waals surface area contributed by atoms with E-state index in [2.05, 4.69) is 10.3 Å². The number of aromatic amines is 1. The Bertz CT molecular complexity index is 1210. The van der Waals surface area contributed by atoms with E-state index in [0.717, 1.165) is 11.8 Å². The molecule has 0 radical (unpaired) electrons. The Morgan fingerprint density at radius 3 is 2.77 bits per heavy atom.